The number of amides is 2. The minimum Gasteiger partial charge on any atom is -0.336 e. The van der Waals surface area contributed by atoms with Crippen LogP contribution in [0.5, 0.6) is 0 Å². The van der Waals surface area contributed by atoms with Crippen molar-refractivity contribution in [2.24, 2.45) is 13.0 Å². The van der Waals surface area contributed by atoms with Gasteiger partial charge in [-0.1, -0.05) is 45.9 Å². The summed E-state index contributed by atoms with van der Waals surface area (Å²) in [6, 6.07) is 9.32. The summed E-state index contributed by atoms with van der Waals surface area (Å²) in [6.45, 7) is 12.9. The van der Waals surface area contributed by atoms with Gasteiger partial charge in [0.1, 0.15) is 5.69 Å². The molecular weight excluding hydrogens is 366 g/mol. The summed E-state index contributed by atoms with van der Waals surface area (Å²) in [4.78, 5) is 27.8. The molecule has 0 fully saturated rings. The Kier molecular flexibility index (Phi) is 8.08. The molecule has 7 nitrogen and oxygen atoms in total. The third-order valence-electron chi connectivity index (χ3n) is 5.36. The molecule has 1 aromatic carbocycles. The molecule has 0 aliphatic heterocycles. The number of urea groups is 1. The SMILES string of the molecule is CCN(CC)C(CNC(=O)Nc1c(C)n(C)n(-c2ccccc2)c1=O)CC(C)C. The molecule has 2 N–H and O–H groups in total. The Hall–Kier alpha value is -2.54. The van der Waals surface area contributed by atoms with Crippen molar-refractivity contribution in [1.29, 1.82) is 0 Å². The van der Waals surface area contributed by atoms with Crippen molar-refractivity contribution in [3.8, 4) is 5.69 Å². The van der Waals surface area contributed by atoms with Crippen LogP contribution in [-0.4, -0.2) is 46.0 Å². The molecule has 1 aromatic heterocycles. The second kappa shape index (κ2) is 10.3. The first-order valence-corrected chi connectivity index (χ1v) is 10.4. The maximum absolute atomic E-state index is 12.9. The molecule has 0 aliphatic carbocycles. The van der Waals surface area contributed by atoms with Crippen LogP contribution in [0.1, 0.15) is 39.8 Å². The van der Waals surface area contributed by atoms with Crippen molar-refractivity contribution in [3.05, 3.63) is 46.4 Å². The predicted molar refractivity (Wildman–Crippen MR) is 119 cm³/mol. The molecular formula is C22H35N5O2. The van der Waals surface area contributed by atoms with E-state index in [1.165, 1.54) is 0 Å². The fourth-order valence-corrected chi connectivity index (χ4v) is 3.73. The number of aromatic nitrogens is 2. The summed E-state index contributed by atoms with van der Waals surface area (Å²) in [5, 5.41) is 5.73. The van der Waals surface area contributed by atoms with Crippen molar-refractivity contribution < 1.29 is 4.79 Å². The highest BCUT2D eigenvalue weighted by Gasteiger charge is 2.20. The van der Waals surface area contributed by atoms with Gasteiger partial charge in [0.05, 0.1) is 11.4 Å². The molecule has 0 radical (unpaired) electrons. The Morgan fingerprint density at radius 1 is 1.14 bits per heavy atom. The summed E-state index contributed by atoms with van der Waals surface area (Å²) in [6.07, 6.45) is 1.01. The van der Waals surface area contributed by atoms with Crippen molar-refractivity contribution in [2.75, 3.05) is 25.0 Å². The maximum Gasteiger partial charge on any atom is 0.319 e. The molecule has 2 amide bonds. The molecule has 0 bridgehead atoms. The molecule has 7 heteroatoms. The lowest BCUT2D eigenvalue weighted by Crippen LogP contribution is -2.45. The maximum atomic E-state index is 12.9. The Balaban J connectivity index is 2.14. The zero-order chi connectivity index (χ0) is 21.6. The van der Waals surface area contributed by atoms with E-state index in [2.05, 4.69) is 43.2 Å². The monoisotopic (exact) mass is 401 g/mol. The minimum absolute atomic E-state index is 0.242. The highest BCUT2D eigenvalue weighted by Crippen LogP contribution is 2.14. The van der Waals surface area contributed by atoms with E-state index in [9.17, 15) is 9.59 Å². The van der Waals surface area contributed by atoms with Crippen LogP contribution >= 0.6 is 0 Å². The van der Waals surface area contributed by atoms with E-state index in [4.69, 9.17) is 0 Å². The van der Waals surface area contributed by atoms with Crippen LogP contribution in [0.15, 0.2) is 35.1 Å². The predicted octanol–water partition coefficient (Wildman–Crippen LogP) is 3.36. The standard InChI is InChI=1S/C22H35N5O2/c1-7-26(8-2)19(14-16(3)4)15-23-22(29)24-20-17(5)25(6)27(21(20)28)18-12-10-9-11-13-18/h9-13,16,19H,7-8,14-15H2,1-6H3,(H2,23,24,29). The number of benzene rings is 1. The van der Waals surface area contributed by atoms with E-state index in [0.29, 0.717) is 23.8 Å². The van der Waals surface area contributed by atoms with E-state index in [-0.39, 0.29) is 17.6 Å². The van der Waals surface area contributed by atoms with Crippen LogP contribution in [0.4, 0.5) is 10.5 Å². The summed E-state index contributed by atoms with van der Waals surface area (Å²) in [7, 11) is 1.81. The number of nitrogens with zero attached hydrogens (tertiary/aromatic N) is 3. The Morgan fingerprint density at radius 2 is 1.76 bits per heavy atom. The Bertz CT molecular complexity index is 850. The number of carbonyl (C=O) groups is 1. The minimum atomic E-state index is -0.350. The number of hydrogen-bond acceptors (Lipinski definition) is 3. The fourth-order valence-electron chi connectivity index (χ4n) is 3.73. The molecule has 160 valence electrons. The highest BCUT2D eigenvalue weighted by atomic mass is 16.2. The average molecular weight is 402 g/mol. The van der Waals surface area contributed by atoms with Gasteiger partial charge < -0.3 is 10.6 Å². The normalized spacial score (nSPS) is 12.4. The average Bonchev–Trinajstić information content (AvgIpc) is 2.90. The van der Waals surface area contributed by atoms with Gasteiger partial charge in [-0.3, -0.25) is 14.4 Å². The molecule has 0 saturated carbocycles. The van der Waals surface area contributed by atoms with E-state index < -0.39 is 0 Å². The molecule has 2 aromatic rings. The molecule has 0 saturated heterocycles. The summed E-state index contributed by atoms with van der Waals surface area (Å²) in [5.41, 5.74) is 1.53. The quantitative estimate of drug-likeness (QED) is 0.677. The topological polar surface area (TPSA) is 71.3 Å². The third-order valence-corrected chi connectivity index (χ3v) is 5.36. The van der Waals surface area contributed by atoms with Crippen LogP contribution in [0.3, 0.4) is 0 Å². The molecule has 2 rings (SSSR count). The number of hydrogen-bond donors (Lipinski definition) is 2. The third kappa shape index (κ3) is 5.50. The van der Waals surface area contributed by atoms with Gasteiger partial charge in [-0.15, -0.1) is 0 Å². The van der Waals surface area contributed by atoms with Crippen LogP contribution in [0, 0.1) is 12.8 Å². The number of nitrogens with one attached hydrogen (secondary N) is 2. The van der Waals surface area contributed by atoms with Crippen LogP contribution in [0.25, 0.3) is 5.69 Å². The number of rotatable bonds is 9. The Labute approximate surface area is 173 Å². The van der Waals surface area contributed by atoms with Gasteiger partial charge in [0.15, 0.2) is 0 Å². The van der Waals surface area contributed by atoms with Crippen molar-refractivity contribution in [2.45, 2.75) is 47.1 Å². The molecule has 1 atom stereocenters. The number of para-hydroxylation sites is 1. The van der Waals surface area contributed by atoms with E-state index in [1.807, 2.05) is 44.3 Å². The van der Waals surface area contributed by atoms with Gasteiger partial charge in [-0.2, -0.15) is 0 Å². The van der Waals surface area contributed by atoms with Crippen molar-refractivity contribution in [3.63, 3.8) is 0 Å². The second-order valence-corrected chi connectivity index (χ2v) is 7.78. The van der Waals surface area contributed by atoms with Crippen molar-refractivity contribution in [1.82, 2.24) is 19.6 Å². The lowest BCUT2D eigenvalue weighted by atomic mass is 10.0. The number of anilines is 1. The first-order chi connectivity index (χ1) is 13.8. The molecule has 29 heavy (non-hydrogen) atoms. The number of likely N-dealkylation sites (N-methyl/N-ethyl adjacent to an activating group) is 1. The largest absolute Gasteiger partial charge is 0.336 e. The van der Waals surface area contributed by atoms with Crippen molar-refractivity contribution >= 4 is 11.7 Å². The van der Waals surface area contributed by atoms with Crippen LogP contribution < -0.4 is 16.2 Å². The smallest absolute Gasteiger partial charge is 0.319 e. The Morgan fingerprint density at radius 3 is 2.31 bits per heavy atom. The van der Waals surface area contributed by atoms with Gasteiger partial charge in [-0.05, 0) is 44.5 Å². The zero-order valence-electron chi connectivity index (χ0n) is 18.5. The van der Waals surface area contributed by atoms with E-state index in [1.54, 1.807) is 9.36 Å². The van der Waals surface area contributed by atoms with Crippen LogP contribution in [0.2, 0.25) is 0 Å². The van der Waals surface area contributed by atoms with Gasteiger partial charge >= 0.3 is 6.03 Å². The molecule has 1 unspecified atom stereocenters. The molecule has 1 heterocycles. The first-order valence-electron chi connectivity index (χ1n) is 10.4. The van der Waals surface area contributed by atoms with E-state index in [0.717, 1.165) is 25.2 Å². The van der Waals surface area contributed by atoms with Gasteiger partial charge in [0, 0.05) is 19.6 Å². The first kappa shape index (κ1) is 22.7. The number of carbonyl (C=O) groups excluding carboxylic acids is 1. The fraction of sp³-hybridized carbons (Fsp3) is 0.545. The zero-order valence-corrected chi connectivity index (χ0v) is 18.5. The van der Waals surface area contributed by atoms with Gasteiger partial charge in [0.25, 0.3) is 5.56 Å². The van der Waals surface area contributed by atoms with Crippen LogP contribution in [-0.2, 0) is 7.05 Å². The van der Waals surface area contributed by atoms with E-state index >= 15 is 0 Å². The molecule has 0 aliphatic rings. The molecule has 0 spiro atoms. The lowest BCUT2D eigenvalue weighted by Gasteiger charge is -2.31. The summed E-state index contributed by atoms with van der Waals surface area (Å²) >= 11 is 0. The lowest BCUT2D eigenvalue weighted by molar-refractivity contribution is 0.186. The second-order valence-electron chi connectivity index (χ2n) is 7.78. The van der Waals surface area contributed by atoms with Gasteiger partial charge in [0.2, 0.25) is 0 Å². The van der Waals surface area contributed by atoms with Gasteiger partial charge in [-0.25, -0.2) is 9.48 Å². The summed E-state index contributed by atoms with van der Waals surface area (Å²) in [5.74, 6) is 0.542. The highest BCUT2D eigenvalue weighted by molar-refractivity contribution is 5.89. The summed E-state index contributed by atoms with van der Waals surface area (Å²) < 4.78 is 3.31.